The molecule has 0 N–H and O–H groups in total. The summed E-state index contributed by atoms with van der Waals surface area (Å²) in [5, 5.41) is 0. The summed E-state index contributed by atoms with van der Waals surface area (Å²) in [6, 6.07) is 0. The molecule has 0 aromatic carbocycles. The largest absolute Gasteiger partial charge is 0.299 e. The second-order valence-corrected chi connectivity index (χ2v) is 8.31. The van der Waals surface area contributed by atoms with E-state index < -0.39 is 11.5 Å². The van der Waals surface area contributed by atoms with Crippen LogP contribution in [0.1, 0.15) is 46.0 Å². The number of hydrogen-bond donors (Lipinski definition) is 0. The SMILES string of the molecule is C[C@]12C=CC(=O)C=C1C(=C(F)F)C[C@@H]1[C@@H]2CC[C@]2(C)C(=O)CC[C@@H]12. The molecule has 0 radical (unpaired) electrons. The Morgan fingerprint density at radius 2 is 1.92 bits per heavy atom. The molecule has 3 fully saturated rings. The molecule has 0 unspecified atom stereocenters. The molecule has 3 saturated carbocycles. The topological polar surface area (TPSA) is 34.1 Å². The van der Waals surface area contributed by atoms with Crippen molar-refractivity contribution in [2.45, 2.75) is 46.0 Å². The highest BCUT2D eigenvalue weighted by molar-refractivity contribution is 6.02. The van der Waals surface area contributed by atoms with Gasteiger partial charge in [-0.2, -0.15) is 8.78 Å². The molecular weight excluding hydrogens is 310 g/mol. The summed E-state index contributed by atoms with van der Waals surface area (Å²) in [6.07, 6.45) is 6.46. The first-order valence-electron chi connectivity index (χ1n) is 8.80. The van der Waals surface area contributed by atoms with Gasteiger partial charge < -0.3 is 0 Å². The number of allylic oxidation sites excluding steroid dienone is 5. The Balaban J connectivity index is 1.83. The fraction of sp³-hybridized carbons (Fsp3) is 0.600. The van der Waals surface area contributed by atoms with Crippen LogP contribution in [0.5, 0.6) is 0 Å². The molecule has 128 valence electrons. The van der Waals surface area contributed by atoms with Crippen LogP contribution in [0.25, 0.3) is 0 Å². The quantitative estimate of drug-likeness (QED) is 0.648. The average molecular weight is 332 g/mol. The third-order valence-corrected chi connectivity index (χ3v) is 7.37. The lowest BCUT2D eigenvalue weighted by Crippen LogP contribution is -2.50. The summed E-state index contributed by atoms with van der Waals surface area (Å²) < 4.78 is 27.4. The Labute approximate surface area is 140 Å². The third kappa shape index (κ3) is 1.91. The Hall–Kier alpha value is -1.58. The number of fused-ring (bicyclic) bond motifs is 5. The highest BCUT2D eigenvalue weighted by atomic mass is 19.3. The van der Waals surface area contributed by atoms with E-state index >= 15 is 0 Å². The number of rotatable bonds is 0. The monoisotopic (exact) mass is 332 g/mol. The fourth-order valence-electron chi connectivity index (χ4n) is 6.04. The first kappa shape index (κ1) is 15.9. The van der Waals surface area contributed by atoms with E-state index in [1.165, 1.54) is 12.2 Å². The Kier molecular flexibility index (Phi) is 3.29. The van der Waals surface area contributed by atoms with Crippen LogP contribution >= 0.6 is 0 Å². The van der Waals surface area contributed by atoms with E-state index in [0.717, 1.165) is 19.3 Å². The van der Waals surface area contributed by atoms with E-state index in [2.05, 4.69) is 0 Å². The minimum Gasteiger partial charge on any atom is -0.299 e. The number of Topliss-reactive ketones (excluding diaryl/α,β-unsaturated/α-hetero) is 1. The number of hydrogen-bond acceptors (Lipinski definition) is 2. The summed E-state index contributed by atoms with van der Waals surface area (Å²) >= 11 is 0. The summed E-state index contributed by atoms with van der Waals surface area (Å²) in [4.78, 5) is 24.2. The molecule has 0 aromatic heterocycles. The van der Waals surface area contributed by atoms with Gasteiger partial charge in [-0.3, -0.25) is 9.59 Å². The van der Waals surface area contributed by atoms with Crippen molar-refractivity contribution in [2.75, 3.05) is 0 Å². The Bertz CT molecular complexity index is 728. The Morgan fingerprint density at radius 1 is 1.17 bits per heavy atom. The molecule has 4 heteroatoms. The van der Waals surface area contributed by atoms with Crippen LogP contribution in [-0.2, 0) is 9.59 Å². The minimum atomic E-state index is -1.68. The maximum Gasteiger partial charge on any atom is 0.273 e. The van der Waals surface area contributed by atoms with Crippen molar-refractivity contribution in [3.63, 3.8) is 0 Å². The van der Waals surface area contributed by atoms with Crippen LogP contribution in [0.15, 0.2) is 35.5 Å². The molecule has 4 aliphatic rings. The first-order valence-corrected chi connectivity index (χ1v) is 8.80. The van der Waals surface area contributed by atoms with Crippen molar-refractivity contribution in [1.29, 1.82) is 0 Å². The van der Waals surface area contributed by atoms with Gasteiger partial charge in [0.05, 0.1) is 0 Å². The molecule has 4 rings (SSSR count). The zero-order valence-electron chi connectivity index (χ0n) is 14.1. The van der Waals surface area contributed by atoms with Crippen LogP contribution in [0.4, 0.5) is 8.78 Å². The molecule has 0 amide bonds. The van der Waals surface area contributed by atoms with Crippen molar-refractivity contribution in [1.82, 2.24) is 0 Å². The molecule has 0 spiro atoms. The van der Waals surface area contributed by atoms with Gasteiger partial charge in [-0.15, -0.1) is 0 Å². The van der Waals surface area contributed by atoms with Gasteiger partial charge >= 0.3 is 0 Å². The molecule has 0 aliphatic heterocycles. The van der Waals surface area contributed by atoms with Gasteiger partial charge in [-0.05, 0) is 61.2 Å². The molecule has 24 heavy (non-hydrogen) atoms. The van der Waals surface area contributed by atoms with Crippen molar-refractivity contribution in [3.8, 4) is 0 Å². The van der Waals surface area contributed by atoms with Gasteiger partial charge in [-0.1, -0.05) is 19.9 Å². The molecule has 0 heterocycles. The van der Waals surface area contributed by atoms with Gasteiger partial charge in [0, 0.05) is 22.8 Å². The zero-order chi connectivity index (χ0) is 17.3. The third-order valence-electron chi connectivity index (χ3n) is 7.37. The lowest BCUT2D eigenvalue weighted by molar-refractivity contribution is -0.131. The molecule has 0 bridgehead atoms. The predicted octanol–water partition coefficient (Wildman–Crippen LogP) is 4.62. The van der Waals surface area contributed by atoms with Crippen molar-refractivity contribution < 1.29 is 18.4 Å². The summed E-state index contributed by atoms with van der Waals surface area (Å²) in [5.74, 6) is 0.587. The van der Waals surface area contributed by atoms with E-state index in [0.29, 0.717) is 24.2 Å². The lowest BCUT2D eigenvalue weighted by Gasteiger charge is -2.55. The molecule has 5 atom stereocenters. The van der Waals surface area contributed by atoms with Gasteiger partial charge in [0.25, 0.3) is 6.08 Å². The van der Waals surface area contributed by atoms with Gasteiger partial charge in [0.1, 0.15) is 5.78 Å². The van der Waals surface area contributed by atoms with Crippen LogP contribution in [0, 0.1) is 28.6 Å². The standard InChI is InChI=1S/C20H22F2O2/c1-19-7-5-11(23)9-16(19)13(18(21)22)10-12-14-3-4-17(24)20(14,2)8-6-15(12)19/h5,7,9,12,14-15H,3-4,6,8,10H2,1-2H3/t12-,14-,15-,19+,20-/m0/s1. The number of halogens is 2. The average Bonchev–Trinajstić information content (AvgIpc) is 2.83. The number of ketones is 2. The smallest absolute Gasteiger partial charge is 0.273 e. The van der Waals surface area contributed by atoms with Crippen molar-refractivity contribution in [3.05, 3.63) is 35.5 Å². The Morgan fingerprint density at radius 3 is 2.62 bits per heavy atom. The predicted molar refractivity (Wildman–Crippen MR) is 86.2 cm³/mol. The summed E-state index contributed by atoms with van der Waals surface area (Å²) in [7, 11) is 0. The van der Waals surface area contributed by atoms with Gasteiger partial charge in [0.2, 0.25) is 0 Å². The maximum atomic E-state index is 13.7. The van der Waals surface area contributed by atoms with Crippen LogP contribution in [0.3, 0.4) is 0 Å². The van der Waals surface area contributed by atoms with E-state index in [4.69, 9.17) is 0 Å². The van der Waals surface area contributed by atoms with Crippen LogP contribution in [0.2, 0.25) is 0 Å². The van der Waals surface area contributed by atoms with Crippen LogP contribution < -0.4 is 0 Å². The lowest BCUT2D eigenvalue weighted by atomic mass is 9.47. The second-order valence-electron chi connectivity index (χ2n) is 8.31. The second kappa shape index (κ2) is 4.96. The summed E-state index contributed by atoms with van der Waals surface area (Å²) in [6.45, 7) is 4.02. The maximum absolute atomic E-state index is 13.7. The summed E-state index contributed by atoms with van der Waals surface area (Å²) in [5.41, 5.74) is -0.322. The van der Waals surface area contributed by atoms with Gasteiger partial charge in [0.15, 0.2) is 5.78 Å². The molecule has 0 saturated heterocycles. The zero-order valence-corrected chi connectivity index (χ0v) is 14.1. The number of carbonyl (C=O) groups excluding carboxylic acids is 2. The highest BCUT2D eigenvalue weighted by Gasteiger charge is 2.59. The molecular formula is C20H22F2O2. The molecule has 0 aromatic rings. The minimum absolute atomic E-state index is 0.0417. The van der Waals surface area contributed by atoms with E-state index in [-0.39, 0.29) is 34.5 Å². The van der Waals surface area contributed by atoms with E-state index in [9.17, 15) is 18.4 Å². The van der Waals surface area contributed by atoms with Crippen molar-refractivity contribution in [2.24, 2.45) is 28.6 Å². The van der Waals surface area contributed by atoms with Gasteiger partial charge in [-0.25, -0.2) is 0 Å². The highest BCUT2D eigenvalue weighted by Crippen LogP contribution is 2.64. The fourth-order valence-corrected chi connectivity index (χ4v) is 6.04. The van der Waals surface area contributed by atoms with Crippen LogP contribution in [-0.4, -0.2) is 11.6 Å². The first-order chi connectivity index (χ1) is 11.3. The molecule has 2 nitrogen and oxygen atoms in total. The molecule has 4 aliphatic carbocycles. The number of carbonyl (C=O) groups is 2. The van der Waals surface area contributed by atoms with Crippen molar-refractivity contribution >= 4 is 11.6 Å². The van der Waals surface area contributed by atoms with E-state index in [1.807, 2.05) is 19.9 Å². The van der Waals surface area contributed by atoms with E-state index in [1.54, 1.807) is 0 Å². The normalized spacial score (nSPS) is 43.9.